The smallest absolute Gasteiger partial charge is 0.255 e. The quantitative estimate of drug-likeness (QED) is 0.745. The van der Waals surface area contributed by atoms with Gasteiger partial charge in [0.1, 0.15) is 0 Å². The SMILES string of the molecule is O=C(Nc1ccc(-c2csc(N3CCCC3)n2)cc1)c1ccccc1. The van der Waals surface area contributed by atoms with E-state index in [4.69, 9.17) is 4.98 Å². The molecule has 0 bridgehead atoms. The first-order valence-electron chi connectivity index (χ1n) is 8.47. The summed E-state index contributed by atoms with van der Waals surface area (Å²) in [6.07, 6.45) is 2.51. The van der Waals surface area contributed by atoms with Gasteiger partial charge in [-0.25, -0.2) is 4.98 Å². The summed E-state index contributed by atoms with van der Waals surface area (Å²) in [5.74, 6) is -0.0988. The molecular weight excluding hydrogens is 330 g/mol. The molecule has 4 nitrogen and oxygen atoms in total. The second-order valence-corrected chi connectivity index (χ2v) is 6.94. The van der Waals surface area contributed by atoms with Gasteiger partial charge in [-0.3, -0.25) is 4.79 Å². The molecule has 0 radical (unpaired) electrons. The third kappa shape index (κ3) is 3.56. The molecule has 0 aliphatic carbocycles. The summed E-state index contributed by atoms with van der Waals surface area (Å²) in [6, 6.07) is 17.1. The highest BCUT2D eigenvalue weighted by atomic mass is 32.1. The third-order valence-electron chi connectivity index (χ3n) is 4.34. The van der Waals surface area contributed by atoms with Crippen molar-refractivity contribution in [3.63, 3.8) is 0 Å². The lowest BCUT2D eigenvalue weighted by atomic mass is 10.1. The molecule has 4 rings (SSSR count). The van der Waals surface area contributed by atoms with Crippen molar-refractivity contribution in [1.82, 2.24) is 4.98 Å². The number of carbonyl (C=O) groups is 1. The van der Waals surface area contributed by atoms with Crippen LogP contribution in [-0.4, -0.2) is 24.0 Å². The van der Waals surface area contributed by atoms with E-state index in [1.165, 1.54) is 12.8 Å². The molecule has 1 aliphatic heterocycles. The number of rotatable bonds is 4. The second kappa shape index (κ2) is 7.07. The van der Waals surface area contributed by atoms with E-state index in [9.17, 15) is 4.79 Å². The summed E-state index contributed by atoms with van der Waals surface area (Å²) in [5, 5.41) is 6.13. The predicted octanol–water partition coefficient (Wildman–Crippen LogP) is 4.66. The Morgan fingerprint density at radius 1 is 1.00 bits per heavy atom. The maximum atomic E-state index is 12.2. The minimum Gasteiger partial charge on any atom is -0.348 e. The van der Waals surface area contributed by atoms with Gasteiger partial charge in [-0.2, -0.15) is 0 Å². The fourth-order valence-electron chi connectivity index (χ4n) is 2.97. The van der Waals surface area contributed by atoms with Gasteiger partial charge in [0.15, 0.2) is 5.13 Å². The van der Waals surface area contributed by atoms with Crippen LogP contribution in [0.1, 0.15) is 23.2 Å². The average molecular weight is 349 g/mol. The summed E-state index contributed by atoms with van der Waals surface area (Å²) >= 11 is 1.70. The van der Waals surface area contributed by atoms with Crippen LogP contribution in [0.4, 0.5) is 10.8 Å². The Hall–Kier alpha value is -2.66. The van der Waals surface area contributed by atoms with E-state index in [-0.39, 0.29) is 5.91 Å². The maximum Gasteiger partial charge on any atom is 0.255 e. The zero-order valence-corrected chi connectivity index (χ0v) is 14.6. The maximum absolute atomic E-state index is 12.2. The van der Waals surface area contributed by atoms with Crippen molar-refractivity contribution < 1.29 is 4.79 Å². The summed E-state index contributed by atoms with van der Waals surface area (Å²) in [6.45, 7) is 2.22. The van der Waals surface area contributed by atoms with Gasteiger partial charge in [0.05, 0.1) is 5.69 Å². The van der Waals surface area contributed by atoms with Crippen molar-refractivity contribution in [2.24, 2.45) is 0 Å². The second-order valence-electron chi connectivity index (χ2n) is 6.11. The average Bonchev–Trinajstić information content (AvgIpc) is 3.35. The highest BCUT2D eigenvalue weighted by molar-refractivity contribution is 7.14. The fraction of sp³-hybridized carbons (Fsp3) is 0.200. The van der Waals surface area contributed by atoms with E-state index in [2.05, 4.69) is 15.6 Å². The largest absolute Gasteiger partial charge is 0.348 e. The van der Waals surface area contributed by atoms with Crippen LogP contribution in [-0.2, 0) is 0 Å². The Morgan fingerprint density at radius 2 is 1.72 bits per heavy atom. The molecule has 1 saturated heterocycles. The number of nitrogens with zero attached hydrogens (tertiary/aromatic N) is 2. The molecule has 5 heteroatoms. The summed E-state index contributed by atoms with van der Waals surface area (Å²) < 4.78 is 0. The summed E-state index contributed by atoms with van der Waals surface area (Å²) in [5.41, 5.74) is 3.50. The molecule has 1 aliphatic rings. The van der Waals surface area contributed by atoms with Crippen LogP contribution in [0, 0.1) is 0 Å². The Balaban J connectivity index is 1.46. The van der Waals surface area contributed by atoms with Gasteiger partial charge in [-0.1, -0.05) is 30.3 Å². The van der Waals surface area contributed by atoms with Gasteiger partial charge in [-0.05, 0) is 37.1 Å². The van der Waals surface area contributed by atoms with E-state index < -0.39 is 0 Å². The zero-order valence-electron chi connectivity index (χ0n) is 13.8. The minimum atomic E-state index is -0.0988. The van der Waals surface area contributed by atoms with E-state index in [0.29, 0.717) is 5.56 Å². The Labute approximate surface area is 151 Å². The standard InChI is InChI=1S/C20H19N3OS/c24-19(16-6-2-1-3-7-16)21-17-10-8-15(9-11-17)18-14-25-20(22-18)23-12-4-5-13-23/h1-3,6-11,14H,4-5,12-13H2,(H,21,24). The first-order chi connectivity index (χ1) is 12.3. The Morgan fingerprint density at radius 3 is 2.44 bits per heavy atom. The molecule has 1 N–H and O–H groups in total. The molecule has 25 heavy (non-hydrogen) atoms. The monoisotopic (exact) mass is 349 g/mol. The molecule has 3 aromatic rings. The van der Waals surface area contributed by atoms with Crippen LogP contribution in [0.5, 0.6) is 0 Å². The van der Waals surface area contributed by atoms with Crippen LogP contribution < -0.4 is 10.2 Å². The van der Waals surface area contributed by atoms with Crippen molar-refractivity contribution in [2.45, 2.75) is 12.8 Å². The number of anilines is 2. The van der Waals surface area contributed by atoms with E-state index in [1.807, 2.05) is 42.5 Å². The Bertz CT molecular complexity index is 852. The first kappa shape index (κ1) is 15.8. The first-order valence-corrected chi connectivity index (χ1v) is 9.35. The van der Waals surface area contributed by atoms with Crippen molar-refractivity contribution >= 4 is 28.1 Å². The molecule has 0 atom stereocenters. The van der Waals surface area contributed by atoms with Gasteiger partial charge < -0.3 is 10.2 Å². The summed E-state index contributed by atoms with van der Waals surface area (Å²) in [7, 11) is 0. The fourth-order valence-corrected chi connectivity index (χ4v) is 3.86. The molecule has 1 aromatic heterocycles. The number of hydrogen-bond donors (Lipinski definition) is 1. The topological polar surface area (TPSA) is 45.2 Å². The third-order valence-corrected chi connectivity index (χ3v) is 5.24. The molecule has 0 unspecified atom stereocenters. The van der Waals surface area contributed by atoms with Crippen molar-refractivity contribution in [3.05, 3.63) is 65.5 Å². The van der Waals surface area contributed by atoms with Gasteiger partial charge in [0, 0.05) is 35.3 Å². The van der Waals surface area contributed by atoms with Crippen molar-refractivity contribution in [2.75, 3.05) is 23.3 Å². The van der Waals surface area contributed by atoms with Crippen LogP contribution >= 0.6 is 11.3 Å². The van der Waals surface area contributed by atoms with Gasteiger partial charge in [-0.15, -0.1) is 11.3 Å². The number of carbonyl (C=O) groups excluding carboxylic acids is 1. The van der Waals surface area contributed by atoms with Gasteiger partial charge >= 0.3 is 0 Å². The van der Waals surface area contributed by atoms with Crippen LogP contribution in [0.25, 0.3) is 11.3 Å². The molecule has 1 fully saturated rings. The van der Waals surface area contributed by atoms with Crippen molar-refractivity contribution in [3.8, 4) is 11.3 Å². The van der Waals surface area contributed by atoms with E-state index in [1.54, 1.807) is 23.5 Å². The molecule has 2 aromatic carbocycles. The molecule has 2 heterocycles. The number of benzene rings is 2. The molecule has 126 valence electrons. The lowest BCUT2D eigenvalue weighted by molar-refractivity contribution is 0.102. The number of nitrogens with one attached hydrogen (secondary N) is 1. The van der Waals surface area contributed by atoms with Crippen molar-refractivity contribution in [1.29, 1.82) is 0 Å². The number of thiazole rings is 1. The summed E-state index contributed by atoms with van der Waals surface area (Å²) in [4.78, 5) is 19.3. The lowest BCUT2D eigenvalue weighted by Gasteiger charge is -2.12. The van der Waals surface area contributed by atoms with Crippen LogP contribution in [0.3, 0.4) is 0 Å². The highest BCUT2D eigenvalue weighted by Crippen LogP contribution is 2.30. The minimum absolute atomic E-state index is 0.0988. The molecule has 0 saturated carbocycles. The number of amides is 1. The van der Waals surface area contributed by atoms with Crippen LogP contribution in [0.15, 0.2) is 60.0 Å². The number of aromatic nitrogens is 1. The highest BCUT2D eigenvalue weighted by Gasteiger charge is 2.16. The van der Waals surface area contributed by atoms with Gasteiger partial charge in [0.2, 0.25) is 0 Å². The van der Waals surface area contributed by atoms with Gasteiger partial charge in [0.25, 0.3) is 5.91 Å². The molecular formula is C20H19N3OS. The zero-order chi connectivity index (χ0) is 17.1. The number of hydrogen-bond acceptors (Lipinski definition) is 4. The predicted molar refractivity (Wildman–Crippen MR) is 103 cm³/mol. The normalized spacial score (nSPS) is 13.8. The molecule has 0 spiro atoms. The van der Waals surface area contributed by atoms with E-state index >= 15 is 0 Å². The van der Waals surface area contributed by atoms with E-state index in [0.717, 1.165) is 35.2 Å². The molecule has 1 amide bonds. The van der Waals surface area contributed by atoms with Crippen LogP contribution in [0.2, 0.25) is 0 Å². The Kier molecular flexibility index (Phi) is 4.48. The lowest BCUT2D eigenvalue weighted by Crippen LogP contribution is -2.17.